The fraction of sp³-hybridized carbons (Fsp3) is 0.579. The van der Waals surface area contributed by atoms with Crippen molar-refractivity contribution in [2.75, 3.05) is 19.5 Å². The normalized spacial score (nSPS) is 21.1. The highest BCUT2D eigenvalue weighted by Gasteiger charge is 2.32. The predicted molar refractivity (Wildman–Crippen MR) is 101 cm³/mol. The quantitative estimate of drug-likeness (QED) is 0.838. The Hall–Kier alpha value is -2.28. The molecule has 1 aliphatic heterocycles. The van der Waals surface area contributed by atoms with E-state index < -0.39 is 6.04 Å². The Bertz CT molecular complexity index is 665. The maximum Gasteiger partial charge on any atom is 0.256 e. The highest BCUT2D eigenvalue weighted by Crippen LogP contribution is 2.35. The first-order valence-corrected chi connectivity index (χ1v) is 8.95. The van der Waals surface area contributed by atoms with Crippen molar-refractivity contribution in [2.24, 2.45) is 5.73 Å². The zero-order valence-corrected chi connectivity index (χ0v) is 16.2. The van der Waals surface area contributed by atoms with Gasteiger partial charge < -0.3 is 25.4 Å². The molecule has 2 amide bonds. The average molecular weight is 363 g/mol. The maximum atomic E-state index is 13.3. The summed E-state index contributed by atoms with van der Waals surface area (Å²) in [7, 11) is 3.02. The Morgan fingerprint density at radius 1 is 1.15 bits per heavy atom. The van der Waals surface area contributed by atoms with Gasteiger partial charge >= 0.3 is 0 Å². The summed E-state index contributed by atoms with van der Waals surface area (Å²) in [5, 5.41) is 2.74. The molecule has 0 saturated carbocycles. The monoisotopic (exact) mass is 363 g/mol. The number of carbonyl (C=O) groups is 2. The van der Waals surface area contributed by atoms with Crippen LogP contribution in [-0.4, -0.2) is 49.1 Å². The second kappa shape index (κ2) is 8.40. The number of ether oxygens (including phenoxy) is 2. The van der Waals surface area contributed by atoms with Crippen molar-refractivity contribution in [3.63, 3.8) is 0 Å². The van der Waals surface area contributed by atoms with E-state index in [1.807, 2.05) is 4.90 Å². The summed E-state index contributed by atoms with van der Waals surface area (Å²) in [4.78, 5) is 27.3. The van der Waals surface area contributed by atoms with Crippen LogP contribution in [0.2, 0.25) is 0 Å². The number of benzene rings is 1. The van der Waals surface area contributed by atoms with E-state index in [9.17, 15) is 9.59 Å². The number of nitrogens with one attached hydrogen (secondary N) is 1. The molecule has 1 heterocycles. The molecular formula is C19H29N3O4. The summed E-state index contributed by atoms with van der Waals surface area (Å²) in [5.41, 5.74) is 6.41. The van der Waals surface area contributed by atoms with Crippen LogP contribution in [0.3, 0.4) is 0 Å². The van der Waals surface area contributed by atoms with Gasteiger partial charge in [-0.05, 0) is 46.1 Å². The van der Waals surface area contributed by atoms with E-state index in [1.54, 1.807) is 19.1 Å². The molecule has 2 rings (SSSR count). The van der Waals surface area contributed by atoms with Crippen molar-refractivity contribution < 1.29 is 19.1 Å². The largest absolute Gasteiger partial charge is 0.493 e. The van der Waals surface area contributed by atoms with Crippen LogP contribution in [0.5, 0.6) is 11.5 Å². The summed E-state index contributed by atoms with van der Waals surface area (Å²) in [6, 6.07) is 2.80. The molecule has 0 spiro atoms. The molecule has 3 atom stereocenters. The van der Waals surface area contributed by atoms with Crippen molar-refractivity contribution in [2.45, 2.75) is 58.2 Å². The Kier molecular flexibility index (Phi) is 6.47. The van der Waals surface area contributed by atoms with Gasteiger partial charge in [0.15, 0.2) is 11.5 Å². The molecule has 26 heavy (non-hydrogen) atoms. The highest BCUT2D eigenvalue weighted by molar-refractivity contribution is 6.05. The molecule has 0 aromatic heterocycles. The second-order valence-electron chi connectivity index (χ2n) is 6.87. The Morgan fingerprint density at radius 3 is 2.19 bits per heavy atom. The second-order valence-corrected chi connectivity index (χ2v) is 6.87. The van der Waals surface area contributed by atoms with E-state index in [-0.39, 0.29) is 23.9 Å². The van der Waals surface area contributed by atoms with E-state index in [2.05, 4.69) is 19.2 Å². The minimum Gasteiger partial charge on any atom is -0.493 e. The number of rotatable bonds is 5. The molecule has 0 aliphatic carbocycles. The molecule has 0 radical (unpaired) electrons. The Morgan fingerprint density at radius 2 is 1.69 bits per heavy atom. The molecule has 1 fully saturated rings. The maximum absolute atomic E-state index is 13.3. The summed E-state index contributed by atoms with van der Waals surface area (Å²) in [5.74, 6) is 0.368. The van der Waals surface area contributed by atoms with E-state index in [1.165, 1.54) is 14.2 Å². The van der Waals surface area contributed by atoms with E-state index in [0.717, 1.165) is 19.3 Å². The molecule has 1 aromatic rings. The van der Waals surface area contributed by atoms with E-state index in [4.69, 9.17) is 15.2 Å². The third-order valence-corrected chi connectivity index (χ3v) is 4.85. The molecule has 3 N–H and O–H groups in total. The van der Waals surface area contributed by atoms with Gasteiger partial charge in [-0.1, -0.05) is 0 Å². The van der Waals surface area contributed by atoms with Crippen molar-refractivity contribution in [1.82, 2.24) is 4.90 Å². The summed E-state index contributed by atoms with van der Waals surface area (Å²) in [6.07, 6.45) is 3.03. The summed E-state index contributed by atoms with van der Waals surface area (Å²) in [6.45, 7) is 5.69. The number of nitrogens with two attached hydrogens (primary N) is 1. The number of hydrogen-bond acceptors (Lipinski definition) is 5. The number of nitrogens with zero attached hydrogens (tertiary/aromatic N) is 1. The first-order valence-electron chi connectivity index (χ1n) is 8.95. The van der Waals surface area contributed by atoms with Gasteiger partial charge in [-0.25, -0.2) is 0 Å². The lowest BCUT2D eigenvalue weighted by atomic mass is 9.96. The van der Waals surface area contributed by atoms with Crippen molar-refractivity contribution in [1.29, 1.82) is 0 Å². The smallest absolute Gasteiger partial charge is 0.256 e. The van der Waals surface area contributed by atoms with Crippen LogP contribution in [0.15, 0.2) is 12.1 Å². The van der Waals surface area contributed by atoms with Crippen LogP contribution >= 0.6 is 0 Å². The minimum atomic E-state index is -0.695. The number of methoxy groups -OCH3 is 2. The van der Waals surface area contributed by atoms with Crippen LogP contribution in [-0.2, 0) is 4.79 Å². The van der Waals surface area contributed by atoms with E-state index >= 15 is 0 Å². The van der Waals surface area contributed by atoms with Crippen LogP contribution in [0.4, 0.5) is 5.69 Å². The highest BCUT2D eigenvalue weighted by atomic mass is 16.5. The Labute approximate surface area is 154 Å². The average Bonchev–Trinajstić information content (AvgIpc) is 2.60. The minimum absolute atomic E-state index is 0.134. The third kappa shape index (κ3) is 4.09. The number of piperidine rings is 1. The van der Waals surface area contributed by atoms with Gasteiger partial charge in [0, 0.05) is 18.2 Å². The molecule has 1 aliphatic rings. The molecule has 144 valence electrons. The zero-order chi connectivity index (χ0) is 19.4. The number of likely N-dealkylation sites (tertiary alicyclic amines) is 1. The van der Waals surface area contributed by atoms with Crippen LogP contribution < -0.4 is 20.5 Å². The molecule has 1 aromatic carbocycles. The SMILES string of the molecule is COc1cc(NC(=O)[C@H](C)N)c(C(=O)N2C(C)CCCC2C)cc1OC. The lowest BCUT2D eigenvalue weighted by molar-refractivity contribution is -0.117. The Balaban J connectivity index is 2.49. The summed E-state index contributed by atoms with van der Waals surface area (Å²) < 4.78 is 10.7. The van der Waals surface area contributed by atoms with Gasteiger partial charge in [0.2, 0.25) is 5.91 Å². The number of amides is 2. The van der Waals surface area contributed by atoms with Gasteiger partial charge in [-0.2, -0.15) is 0 Å². The fourth-order valence-electron chi connectivity index (χ4n) is 3.37. The van der Waals surface area contributed by atoms with Gasteiger partial charge in [-0.3, -0.25) is 9.59 Å². The standard InChI is InChI=1S/C19H29N3O4/c1-11-7-6-8-12(2)22(11)19(24)14-9-16(25-4)17(26-5)10-15(14)21-18(23)13(3)20/h9-13H,6-8,20H2,1-5H3,(H,21,23)/t11?,12?,13-/m0/s1. The molecular weight excluding hydrogens is 334 g/mol. The molecule has 7 heteroatoms. The lowest BCUT2D eigenvalue weighted by Gasteiger charge is -2.39. The van der Waals surface area contributed by atoms with Crippen LogP contribution in [0.25, 0.3) is 0 Å². The first-order chi connectivity index (χ1) is 12.3. The molecule has 7 nitrogen and oxygen atoms in total. The van der Waals surface area contributed by atoms with Gasteiger partial charge in [0.05, 0.1) is 31.5 Å². The van der Waals surface area contributed by atoms with Crippen LogP contribution in [0, 0.1) is 0 Å². The van der Waals surface area contributed by atoms with Crippen LogP contribution in [0.1, 0.15) is 50.4 Å². The summed E-state index contributed by atoms with van der Waals surface area (Å²) >= 11 is 0. The lowest BCUT2D eigenvalue weighted by Crippen LogP contribution is -2.47. The van der Waals surface area contributed by atoms with Crippen molar-refractivity contribution in [3.05, 3.63) is 17.7 Å². The topological polar surface area (TPSA) is 93.9 Å². The molecule has 1 saturated heterocycles. The van der Waals surface area contributed by atoms with Crippen molar-refractivity contribution in [3.8, 4) is 11.5 Å². The molecule has 2 unspecified atom stereocenters. The molecule has 0 bridgehead atoms. The number of carbonyl (C=O) groups excluding carboxylic acids is 2. The third-order valence-electron chi connectivity index (χ3n) is 4.85. The fourth-order valence-corrected chi connectivity index (χ4v) is 3.37. The van der Waals surface area contributed by atoms with Gasteiger partial charge in [0.25, 0.3) is 5.91 Å². The number of hydrogen-bond donors (Lipinski definition) is 2. The van der Waals surface area contributed by atoms with Gasteiger partial charge in [-0.15, -0.1) is 0 Å². The predicted octanol–water partition coefficient (Wildman–Crippen LogP) is 2.39. The van der Waals surface area contributed by atoms with Gasteiger partial charge in [0.1, 0.15) is 0 Å². The first kappa shape index (κ1) is 20.0. The van der Waals surface area contributed by atoms with Crippen molar-refractivity contribution >= 4 is 17.5 Å². The van der Waals surface area contributed by atoms with E-state index in [0.29, 0.717) is 22.7 Å². The zero-order valence-electron chi connectivity index (χ0n) is 16.2. The number of anilines is 1.